The lowest BCUT2D eigenvalue weighted by molar-refractivity contribution is -0.122. The van der Waals surface area contributed by atoms with Gasteiger partial charge < -0.3 is 16.0 Å². The van der Waals surface area contributed by atoms with E-state index in [1.807, 2.05) is 0 Å². The number of amides is 1. The van der Waals surface area contributed by atoms with Crippen LogP contribution in [-0.4, -0.2) is 43.0 Å². The van der Waals surface area contributed by atoms with E-state index in [0.717, 1.165) is 45.3 Å². The van der Waals surface area contributed by atoms with E-state index in [4.69, 9.17) is 5.73 Å². The number of nitrogens with zero attached hydrogens (tertiary/aromatic N) is 1. The number of benzene rings is 1. The Morgan fingerprint density at radius 1 is 1.24 bits per heavy atom. The molecule has 1 aromatic rings. The van der Waals surface area contributed by atoms with E-state index in [9.17, 15) is 4.79 Å². The number of rotatable bonds is 7. The number of carbonyl (C=O) groups excluding carboxylic acids is 1. The number of hydrogen-bond acceptors (Lipinski definition) is 3. The van der Waals surface area contributed by atoms with Crippen LogP contribution in [0.15, 0.2) is 30.3 Å². The number of piperidine rings is 1. The van der Waals surface area contributed by atoms with Gasteiger partial charge in [-0.25, -0.2) is 0 Å². The molecule has 0 spiro atoms. The Morgan fingerprint density at radius 2 is 1.95 bits per heavy atom. The SMILES string of the molecule is NCCCC(=O)NC1CCN(CCc2ccccc2)CC1. The van der Waals surface area contributed by atoms with Crippen molar-refractivity contribution in [3.63, 3.8) is 0 Å². The molecule has 0 saturated carbocycles. The van der Waals surface area contributed by atoms with Gasteiger partial charge in [0.25, 0.3) is 0 Å². The van der Waals surface area contributed by atoms with E-state index in [1.54, 1.807) is 0 Å². The molecule has 1 aliphatic heterocycles. The highest BCUT2D eigenvalue weighted by Gasteiger charge is 2.20. The van der Waals surface area contributed by atoms with Crippen molar-refractivity contribution >= 4 is 5.91 Å². The topological polar surface area (TPSA) is 58.4 Å². The van der Waals surface area contributed by atoms with Crippen LogP contribution in [0.3, 0.4) is 0 Å². The molecule has 0 aromatic heterocycles. The van der Waals surface area contributed by atoms with Gasteiger partial charge in [0.15, 0.2) is 0 Å². The monoisotopic (exact) mass is 289 g/mol. The summed E-state index contributed by atoms with van der Waals surface area (Å²) in [5, 5.41) is 3.13. The zero-order valence-electron chi connectivity index (χ0n) is 12.8. The van der Waals surface area contributed by atoms with E-state index < -0.39 is 0 Å². The van der Waals surface area contributed by atoms with Crippen molar-refractivity contribution in [2.75, 3.05) is 26.2 Å². The molecule has 1 fully saturated rings. The predicted octanol–water partition coefficient (Wildman–Crippen LogP) is 1.55. The zero-order valence-corrected chi connectivity index (χ0v) is 12.8. The summed E-state index contributed by atoms with van der Waals surface area (Å²) >= 11 is 0. The van der Waals surface area contributed by atoms with Crippen LogP contribution in [-0.2, 0) is 11.2 Å². The van der Waals surface area contributed by atoms with Crippen LogP contribution in [0, 0.1) is 0 Å². The average molecular weight is 289 g/mol. The van der Waals surface area contributed by atoms with Crippen LogP contribution >= 0.6 is 0 Å². The van der Waals surface area contributed by atoms with E-state index in [0.29, 0.717) is 19.0 Å². The molecule has 1 aromatic carbocycles. The van der Waals surface area contributed by atoms with Crippen LogP contribution in [0.4, 0.5) is 0 Å². The molecule has 2 rings (SSSR count). The highest BCUT2D eigenvalue weighted by Crippen LogP contribution is 2.11. The molecule has 0 bridgehead atoms. The summed E-state index contributed by atoms with van der Waals surface area (Å²) in [5.41, 5.74) is 6.82. The summed E-state index contributed by atoms with van der Waals surface area (Å²) in [4.78, 5) is 14.2. The number of likely N-dealkylation sites (tertiary alicyclic amines) is 1. The molecular formula is C17H27N3O. The first-order chi connectivity index (χ1) is 10.3. The van der Waals surface area contributed by atoms with Crippen molar-refractivity contribution in [1.82, 2.24) is 10.2 Å². The largest absolute Gasteiger partial charge is 0.353 e. The number of carbonyl (C=O) groups is 1. The maximum atomic E-state index is 11.7. The van der Waals surface area contributed by atoms with Crippen LogP contribution in [0.1, 0.15) is 31.2 Å². The third kappa shape index (κ3) is 5.86. The molecule has 1 amide bonds. The Hall–Kier alpha value is -1.39. The van der Waals surface area contributed by atoms with Crippen molar-refractivity contribution in [2.45, 2.75) is 38.1 Å². The maximum Gasteiger partial charge on any atom is 0.220 e. The Balaban J connectivity index is 1.63. The predicted molar refractivity (Wildman–Crippen MR) is 86.0 cm³/mol. The van der Waals surface area contributed by atoms with Gasteiger partial charge in [-0.15, -0.1) is 0 Å². The molecule has 1 heterocycles. The molecule has 21 heavy (non-hydrogen) atoms. The van der Waals surface area contributed by atoms with Gasteiger partial charge in [-0.1, -0.05) is 30.3 Å². The second-order valence-corrected chi connectivity index (χ2v) is 5.81. The maximum absolute atomic E-state index is 11.7. The van der Waals surface area contributed by atoms with Crippen LogP contribution in [0.2, 0.25) is 0 Å². The summed E-state index contributed by atoms with van der Waals surface area (Å²) in [6.07, 6.45) is 4.56. The van der Waals surface area contributed by atoms with Crippen molar-refractivity contribution in [1.29, 1.82) is 0 Å². The molecule has 1 saturated heterocycles. The standard InChI is InChI=1S/C17H27N3O/c18-11-4-7-17(21)19-16-9-13-20(14-10-16)12-8-15-5-2-1-3-6-15/h1-3,5-6,16H,4,7-14,18H2,(H,19,21). The lowest BCUT2D eigenvalue weighted by Crippen LogP contribution is -2.45. The number of hydrogen-bond donors (Lipinski definition) is 2. The molecule has 0 radical (unpaired) electrons. The lowest BCUT2D eigenvalue weighted by atomic mass is 10.0. The first kappa shape index (κ1) is 16.0. The molecule has 1 aliphatic rings. The fourth-order valence-electron chi connectivity index (χ4n) is 2.80. The third-order valence-corrected chi connectivity index (χ3v) is 4.12. The van der Waals surface area contributed by atoms with E-state index in [-0.39, 0.29) is 5.91 Å². The number of nitrogens with two attached hydrogens (primary N) is 1. The molecule has 4 heteroatoms. The van der Waals surface area contributed by atoms with Gasteiger partial charge in [0, 0.05) is 32.1 Å². The Bertz CT molecular complexity index is 413. The zero-order chi connectivity index (χ0) is 14.9. The fraction of sp³-hybridized carbons (Fsp3) is 0.588. The van der Waals surface area contributed by atoms with E-state index in [1.165, 1.54) is 5.56 Å². The highest BCUT2D eigenvalue weighted by molar-refractivity contribution is 5.76. The third-order valence-electron chi connectivity index (χ3n) is 4.12. The molecule has 116 valence electrons. The summed E-state index contributed by atoms with van der Waals surface area (Å²) in [6, 6.07) is 11.0. The van der Waals surface area contributed by atoms with Gasteiger partial charge in [-0.2, -0.15) is 0 Å². The molecule has 0 aliphatic carbocycles. The Labute approximate surface area is 127 Å². The minimum absolute atomic E-state index is 0.156. The summed E-state index contributed by atoms with van der Waals surface area (Å²) in [7, 11) is 0. The summed E-state index contributed by atoms with van der Waals surface area (Å²) in [5.74, 6) is 0.156. The first-order valence-corrected chi connectivity index (χ1v) is 8.03. The average Bonchev–Trinajstić information content (AvgIpc) is 2.53. The van der Waals surface area contributed by atoms with Gasteiger partial charge in [0.05, 0.1) is 0 Å². The van der Waals surface area contributed by atoms with Crippen LogP contribution in [0.5, 0.6) is 0 Å². The smallest absolute Gasteiger partial charge is 0.220 e. The van der Waals surface area contributed by atoms with Crippen molar-refractivity contribution in [3.8, 4) is 0 Å². The summed E-state index contributed by atoms with van der Waals surface area (Å²) in [6.45, 7) is 3.85. The first-order valence-electron chi connectivity index (χ1n) is 8.03. The van der Waals surface area contributed by atoms with Crippen LogP contribution < -0.4 is 11.1 Å². The molecule has 4 nitrogen and oxygen atoms in total. The van der Waals surface area contributed by atoms with Crippen molar-refractivity contribution < 1.29 is 4.79 Å². The minimum Gasteiger partial charge on any atom is -0.353 e. The lowest BCUT2D eigenvalue weighted by Gasteiger charge is -2.32. The van der Waals surface area contributed by atoms with E-state index in [2.05, 4.69) is 40.5 Å². The van der Waals surface area contributed by atoms with Crippen molar-refractivity contribution in [2.24, 2.45) is 5.73 Å². The second-order valence-electron chi connectivity index (χ2n) is 5.81. The fourth-order valence-corrected chi connectivity index (χ4v) is 2.80. The molecule has 0 unspecified atom stereocenters. The normalized spacial score (nSPS) is 16.8. The number of nitrogens with one attached hydrogen (secondary N) is 1. The van der Waals surface area contributed by atoms with Gasteiger partial charge in [0.2, 0.25) is 5.91 Å². The minimum atomic E-state index is 0.156. The molecule has 0 atom stereocenters. The quantitative estimate of drug-likeness (QED) is 0.800. The molecule has 3 N–H and O–H groups in total. The van der Waals surface area contributed by atoms with Gasteiger partial charge in [-0.05, 0) is 37.8 Å². The Morgan fingerprint density at radius 3 is 2.62 bits per heavy atom. The van der Waals surface area contributed by atoms with Gasteiger partial charge in [-0.3, -0.25) is 4.79 Å². The molecular weight excluding hydrogens is 262 g/mol. The van der Waals surface area contributed by atoms with Crippen LogP contribution in [0.25, 0.3) is 0 Å². The summed E-state index contributed by atoms with van der Waals surface area (Å²) < 4.78 is 0. The highest BCUT2D eigenvalue weighted by atomic mass is 16.1. The second kappa shape index (κ2) is 8.80. The van der Waals surface area contributed by atoms with Gasteiger partial charge >= 0.3 is 0 Å². The van der Waals surface area contributed by atoms with Gasteiger partial charge in [0.1, 0.15) is 0 Å². The van der Waals surface area contributed by atoms with Crippen molar-refractivity contribution in [3.05, 3.63) is 35.9 Å². The van der Waals surface area contributed by atoms with E-state index >= 15 is 0 Å². The Kier molecular flexibility index (Phi) is 6.70.